The first-order chi connectivity index (χ1) is 14.7. The third-order valence-corrected chi connectivity index (χ3v) is 6.46. The normalized spacial score (nSPS) is 12.5. The van der Waals surface area contributed by atoms with Gasteiger partial charge in [-0.05, 0) is 0 Å². The second kappa shape index (κ2) is 6.12. The zero-order chi connectivity index (χ0) is 20.4. The molecule has 2 nitrogen and oxygen atoms in total. The number of fused-ring (bicyclic) bond motifs is 5. The number of nitriles is 2. The van der Waals surface area contributed by atoms with Gasteiger partial charge < -0.3 is 0 Å². The molecule has 0 spiro atoms. The molecule has 6 rings (SSSR count). The second-order valence-electron chi connectivity index (χ2n) is 7.64. The minimum atomic E-state index is 0.624. The third kappa shape index (κ3) is 2.31. The molecule has 5 aromatic carbocycles. The van der Waals surface area contributed by atoms with E-state index in [-0.39, 0.29) is 0 Å². The quantitative estimate of drug-likeness (QED) is 0.269. The van der Waals surface area contributed by atoms with Gasteiger partial charge in [-0.25, -0.2) is 0 Å². The minimum absolute atomic E-state index is 0.624. The molecule has 0 aliphatic heterocycles. The molecule has 0 heterocycles. The van der Waals surface area contributed by atoms with Gasteiger partial charge in [0.05, 0.1) is 0 Å². The molecule has 0 N–H and O–H groups in total. The molecule has 0 saturated heterocycles. The molecule has 3 heteroatoms. The van der Waals surface area contributed by atoms with Gasteiger partial charge in [0.2, 0.25) is 0 Å². The van der Waals surface area contributed by atoms with E-state index in [1.807, 2.05) is 24.3 Å². The van der Waals surface area contributed by atoms with Crippen molar-refractivity contribution in [1.29, 1.82) is 10.5 Å². The molecule has 1 aliphatic rings. The van der Waals surface area contributed by atoms with Crippen LogP contribution in [0, 0.1) is 22.7 Å². The number of nitrogens with zero attached hydrogens (tertiary/aromatic N) is 2. The van der Waals surface area contributed by atoms with Crippen LogP contribution < -0.4 is 10.4 Å². The molecule has 0 aromatic heterocycles. The maximum atomic E-state index is 10.1. The SMILES string of the molecule is N#Cc1c2cc3c(cc2c(C#N)c2cc4cc5ccccc5cc4cc12)=CC(=[Se])C=3. The summed E-state index contributed by atoms with van der Waals surface area (Å²) in [6.07, 6.45) is 4.14. The van der Waals surface area contributed by atoms with Crippen LogP contribution in [0.3, 0.4) is 0 Å². The summed E-state index contributed by atoms with van der Waals surface area (Å²) in [4.78, 5) is 0. The molecular formula is C27H12N2Se. The van der Waals surface area contributed by atoms with Gasteiger partial charge in [-0.1, -0.05) is 12.1 Å². The predicted octanol–water partition coefficient (Wildman–Crippen LogP) is 3.96. The molecule has 136 valence electrons. The Balaban J connectivity index is 1.87. The molecule has 30 heavy (non-hydrogen) atoms. The zero-order valence-electron chi connectivity index (χ0n) is 15.7. The van der Waals surface area contributed by atoms with E-state index >= 15 is 0 Å². The van der Waals surface area contributed by atoms with Crippen LogP contribution in [-0.2, 0) is 0 Å². The molecule has 0 radical (unpaired) electrons. The summed E-state index contributed by atoms with van der Waals surface area (Å²) >= 11 is 3.04. The first-order valence-corrected chi connectivity index (χ1v) is 10.5. The Kier molecular flexibility index (Phi) is 3.50. The van der Waals surface area contributed by atoms with E-state index in [0.717, 1.165) is 57.9 Å². The number of rotatable bonds is 0. The molecule has 5 aromatic rings. The van der Waals surface area contributed by atoms with E-state index in [2.05, 4.69) is 76.3 Å². The van der Waals surface area contributed by atoms with Crippen molar-refractivity contribution in [3.05, 3.63) is 82.2 Å². The summed E-state index contributed by atoms with van der Waals surface area (Å²) in [5.41, 5.74) is 1.25. The monoisotopic (exact) mass is 444 g/mol. The first kappa shape index (κ1) is 17.1. The fourth-order valence-electron chi connectivity index (χ4n) is 4.58. The van der Waals surface area contributed by atoms with Gasteiger partial charge in [0, 0.05) is 0 Å². The summed E-state index contributed by atoms with van der Waals surface area (Å²) in [6, 6.07) is 25.6. The van der Waals surface area contributed by atoms with E-state index in [1.165, 1.54) is 0 Å². The molecule has 0 fully saturated rings. The van der Waals surface area contributed by atoms with Crippen molar-refractivity contribution in [3.8, 4) is 12.1 Å². The van der Waals surface area contributed by atoms with Crippen molar-refractivity contribution >= 4 is 75.2 Å². The van der Waals surface area contributed by atoms with Crippen LogP contribution in [0.2, 0.25) is 0 Å². The fraction of sp³-hybridized carbons (Fsp3) is 0. The zero-order valence-corrected chi connectivity index (χ0v) is 17.4. The van der Waals surface area contributed by atoms with Crippen LogP contribution in [0.15, 0.2) is 60.7 Å². The summed E-state index contributed by atoms with van der Waals surface area (Å²) in [5, 5.41) is 30.1. The van der Waals surface area contributed by atoms with Crippen LogP contribution in [0.4, 0.5) is 0 Å². The Hall–Kier alpha value is -3.75. The van der Waals surface area contributed by atoms with Crippen molar-refractivity contribution in [2.75, 3.05) is 0 Å². The third-order valence-electron chi connectivity index (χ3n) is 5.96. The average molecular weight is 443 g/mol. The topological polar surface area (TPSA) is 47.6 Å². The van der Waals surface area contributed by atoms with Gasteiger partial charge in [-0.2, -0.15) is 0 Å². The molecule has 1 aliphatic carbocycles. The molecule has 0 atom stereocenters. The Bertz CT molecular complexity index is 1700. The first-order valence-electron chi connectivity index (χ1n) is 9.60. The van der Waals surface area contributed by atoms with E-state index in [9.17, 15) is 10.5 Å². The summed E-state index contributed by atoms with van der Waals surface area (Å²) in [7, 11) is 0. The van der Waals surface area contributed by atoms with Gasteiger partial charge in [0.25, 0.3) is 0 Å². The summed E-state index contributed by atoms with van der Waals surface area (Å²) < 4.78 is 1.05. The molecule has 0 amide bonds. The van der Waals surface area contributed by atoms with Crippen LogP contribution in [0.25, 0.3) is 55.2 Å². The van der Waals surface area contributed by atoms with Gasteiger partial charge in [-0.15, -0.1) is 0 Å². The van der Waals surface area contributed by atoms with E-state index < -0.39 is 0 Å². The van der Waals surface area contributed by atoms with Gasteiger partial charge in [0.15, 0.2) is 0 Å². The van der Waals surface area contributed by atoms with Crippen molar-refractivity contribution in [3.63, 3.8) is 0 Å². The Labute approximate surface area is 179 Å². The van der Waals surface area contributed by atoms with Crippen molar-refractivity contribution in [2.24, 2.45) is 0 Å². The molecule has 0 saturated carbocycles. The van der Waals surface area contributed by atoms with Crippen molar-refractivity contribution in [1.82, 2.24) is 0 Å². The van der Waals surface area contributed by atoms with Crippen LogP contribution in [-0.4, -0.2) is 20.0 Å². The Morgan fingerprint density at radius 1 is 0.567 bits per heavy atom. The molecule has 0 unspecified atom stereocenters. The molecular weight excluding hydrogens is 431 g/mol. The van der Waals surface area contributed by atoms with Crippen molar-refractivity contribution in [2.45, 2.75) is 0 Å². The number of hydrogen-bond donors (Lipinski definition) is 0. The van der Waals surface area contributed by atoms with Gasteiger partial charge in [0.1, 0.15) is 0 Å². The van der Waals surface area contributed by atoms with Crippen molar-refractivity contribution < 1.29 is 0 Å². The van der Waals surface area contributed by atoms with Crippen LogP contribution in [0.5, 0.6) is 0 Å². The van der Waals surface area contributed by atoms with Gasteiger partial charge >= 0.3 is 168 Å². The van der Waals surface area contributed by atoms with E-state index in [0.29, 0.717) is 11.1 Å². The number of benzene rings is 5. The predicted molar refractivity (Wildman–Crippen MR) is 125 cm³/mol. The number of hydrogen-bond acceptors (Lipinski definition) is 2. The Morgan fingerprint density at radius 3 is 1.43 bits per heavy atom. The fourth-order valence-corrected chi connectivity index (χ4v) is 5.11. The summed E-state index contributed by atoms with van der Waals surface area (Å²) in [6.45, 7) is 0. The second-order valence-corrected chi connectivity index (χ2v) is 8.62. The summed E-state index contributed by atoms with van der Waals surface area (Å²) in [5.74, 6) is 0. The van der Waals surface area contributed by atoms with E-state index in [1.54, 1.807) is 0 Å². The maximum absolute atomic E-state index is 10.1. The standard InChI is InChI=1S/C27H12N2Se/c28-13-26-22-9-17-5-15-3-1-2-4-16(15)6-18(17)10-23(22)27(14-29)25-12-20-8-21(30)7-19(20)11-24(25)26/h1-12H. The Morgan fingerprint density at radius 2 is 1.00 bits per heavy atom. The van der Waals surface area contributed by atoms with E-state index in [4.69, 9.17) is 0 Å². The van der Waals surface area contributed by atoms with Gasteiger partial charge in [-0.3, -0.25) is 0 Å². The van der Waals surface area contributed by atoms with Crippen LogP contribution in [0.1, 0.15) is 11.1 Å². The van der Waals surface area contributed by atoms with Crippen LogP contribution >= 0.6 is 0 Å². The molecule has 0 bridgehead atoms. The average Bonchev–Trinajstić information content (AvgIpc) is 3.12.